The number of halogens is 2. The number of rotatable bonds is 7. The van der Waals surface area contributed by atoms with Crippen molar-refractivity contribution in [2.45, 2.75) is 26.4 Å². The largest absolute Gasteiger partial charge is 0.434 e. The van der Waals surface area contributed by atoms with E-state index < -0.39 is 6.61 Å². The molecule has 0 atom stereocenters. The van der Waals surface area contributed by atoms with E-state index in [2.05, 4.69) is 10.1 Å². The minimum atomic E-state index is -2.91. The quantitative estimate of drug-likeness (QED) is 0.761. The molecule has 0 unspecified atom stereocenters. The van der Waals surface area contributed by atoms with Crippen molar-refractivity contribution in [3.05, 3.63) is 35.9 Å². The van der Waals surface area contributed by atoms with Gasteiger partial charge in [0.2, 0.25) is 5.91 Å². The first-order valence-corrected chi connectivity index (χ1v) is 7.07. The third-order valence-electron chi connectivity index (χ3n) is 3.81. The number of nitrogens with one attached hydrogen (secondary N) is 1. The van der Waals surface area contributed by atoms with Crippen molar-refractivity contribution in [2.24, 2.45) is 5.41 Å². The summed E-state index contributed by atoms with van der Waals surface area (Å²) in [5, 5.41) is 11.9. The molecule has 0 spiro atoms. The van der Waals surface area contributed by atoms with E-state index in [0.717, 1.165) is 12.8 Å². The lowest BCUT2D eigenvalue weighted by atomic mass is 10.1. The molecule has 1 fully saturated rings. The zero-order chi connectivity index (χ0) is 16.2. The molecule has 2 N–H and O–H groups in total. The number of aliphatic hydroxyl groups is 1. The molecule has 1 aliphatic carbocycles. The molecular weight excluding hydrogens is 292 g/mol. The highest BCUT2D eigenvalue weighted by Crippen LogP contribution is 2.44. The fourth-order valence-corrected chi connectivity index (χ4v) is 2.16. The lowest BCUT2D eigenvalue weighted by Crippen LogP contribution is -2.30. The Bertz CT molecular complexity index is 568. The normalized spacial score (nSPS) is 16.5. The van der Waals surface area contributed by atoms with Gasteiger partial charge < -0.3 is 15.2 Å². The van der Waals surface area contributed by atoms with E-state index in [0.29, 0.717) is 17.7 Å². The number of carbonyl (C=O) groups is 1. The minimum absolute atomic E-state index is 0.0353. The van der Waals surface area contributed by atoms with Crippen molar-refractivity contribution in [3.63, 3.8) is 0 Å². The minimum Gasteiger partial charge on any atom is -0.434 e. The number of para-hydroxylation sites is 1. The Kier molecular flexibility index (Phi) is 5.13. The van der Waals surface area contributed by atoms with Gasteiger partial charge in [-0.1, -0.05) is 18.2 Å². The molecular formula is C16H19F2NO3. The molecule has 4 nitrogen and oxygen atoms in total. The fraction of sp³-hybridized carbons (Fsp3) is 0.438. The second-order valence-corrected chi connectivity index (χ2v) is 5.58. The summed E-state index contributed by atoms with van der Waals surface area (Å²) in [6.07, 6.45) is 3.15. The van der Waals surface area contributed by atoms with Gasteiger partial charge in [0.25, 0.3) is 0 Å². The van der Waals surface area contributed by atoms with Crippen LogP contribution in [-0.2, 0) is 4.79 Å². The summed E-state index contributed by atoms with van der Waals surface area (Å²) in [7, 11) is 0. The fourth-order valence-electron chi connectivity index (χ4n) is 2.16. The standard InChI is InChI=1S/C16H19F2NO3/c1-11(8-14(21)19-9-16(10-20)6-7-16)12-4-2-3-5-13(12)22-15(17)18/h2-5,8,15,20H,6-7,9-10H2,1H3,(H,19,21)/b11-8-. The van der Waals surface area contributed by atoms with Crippen molar-refractivity contribution >= 4 is 11.5 Å². The van der Waals surface area contributed by atoms with E-state index in [1.54, 1.807) is 25.1 Å². The van der Waals surface area contributed by atoms with Gasteiger partial charge in [0.15, 0.2) is 0 Å². The predicted molar refractivity (Wildman–Crippen MR) is 78.5 cm³/mol. The van der Waals surface area contributed by atoms with E-state index in [-0.39, 0.29) is 23.7 Å². The summed E-state index contributed by atoms with van der Waals surface area (Å²) in [5.41, 5.74) is 0.803. The molecule has 1 aliphatic rings. The lowest BCUT2D eigenvalue weighted by Gasteiger charge is -2.13. The smallest absolute Gasteiger partial charge is 0.387 e. The molecule has 1 aromatic rings. The van der Waals surface area contributed by atoms with Gasteiger partial charge in [0.05, 0.1) is 6.61 Å². The van der Waals surface area contributed by atoms with Crippen molar-refractivity contribution in [3.8, 4) is 5.75 Å². The number of benzene rings is 1. The number of allylic oxidation sites excluding steroid dienone is 1. The van der Waals surface area contributed by atoms with Crippen LogP contribution in [0, 0.1) is 5.41 Å². The van der Waals surface area contributed by atoms with Gasteiger partial charge in [0.1, 0.15) is 5.75 Å². The first-order valence-electron chi connectivity index (χ1n) is 7.07. The maximum Gasteiger partial charge on any atom is 0.387 e. The third-order valence-corrected chi connectivity index (χ3v) is 3.81. The van der Waals surface area contributed by atoms with Crippen LogP contribution in [0.3, 0.4) is 0 Å². The second-order valence-electron chi connectivity index (χ2n) is 5.58. The highest BCUT2D eigenvalue weighted by molar-refractivity contribution is 5.95. The molecule has 0 heterocycles. The van der Waals surface area contributed by atoms with E-state index in [1.807, 2.05) is 0 Å². The average molecular weight is 311 g/mol. The highest BCUT2D eigenvalue weighted by atomic mass is 19.3. The first kappa shape index (κ1) is 16.4. The lowest BCUT2D eigenvalue weighted by molar-refractivity contribution is -0.116. The predicted octanol–water partition coefficient (Wildman–Crippen LogP) is 2.58. The van der Waals surface area contributed by atoms with Gasteiger partial charge in [-0.25, -0.2) is 0 Å². The SMILES string of the molecule is C/C(=C/C(=O)NCC1(CO)CC1)c1ccccc1OC(F)F. The molecule has 0 saturated heterocycles. The van der Waals surface area contributed by atoms with E-state index in [4.69, 9.17) is 0 Å². The molecule has 2 rings (SSSR count). The second kappa shape index (κ2) is 6.87. The molecule has 22 heavy (non-hydrogen) atoms. The Morgan fingerprint density at radius 2 is 2.14 bits per heavy atom. The number of amides is 1. The Labute approximate surface area is 127 Å². The maximum atomic E-state index is 12.4. The van der Waals surface area contributed by atoms with Crippen LogP contribution >= 0.6 is 0 Å². The van der Waals surface area contributed by atoms with Crippen LogP contribution in [0.15, 0.2) is 30.3 Å². The number of carbonyl (C=O) groups excluding carboxylic acids is 1. The number of alkyl halides is 2. The van der Waals surface area contributed by atoms with Gasteiger partial charge in [-0.15, -0.1) is 0 Å². The van der Waals surface area contributed by atoms with Crippen molar-refractivity contribution in [1.82, 2.24) is 5.32 Å². The van der Waals surface area contributed by atoms with Crippen LogP contribution in [0.4, 0.5) is 8.78 Å². The number of hydrogen-bond acceptors (Lipinski definition) is 3. The Morgan fingerprint density at radius 1 is 1.45 bits per heavy atom. The zero-order valence-electron chi connectivity index (χ0n) is 12.3. The zero-order valence-corrected chi connectivity index (χ0v) is 12.3. The summed E-state index contributed by atoms with van der Waals surface area (Å²) >= 11 is 0. The molecule has 1 amide bonds. The molecule has 0 aliphatic heterocycles. The Morgan fingerprint density at radius 3 is 2.73 bits per heavy atom. The van der Waals surface area contributed by atoms with Crippen LogP contribution < -0.4 is 10.1 Å². The summed E-state index contributed by atoms with van der Waals surface area (Å²) in [6, 6.07) is 6.33. The van der Waals surface area contributed by atoms with Gasteiger partial charge in [-0.3, -0.25) is 4.79 Å². The van der Waals surface area contributed by atoms with Crippen LogP contribution in [0.25, 0.3) is 5.57 Å². The highest BCUT2D eigenvalue weighted by Gasteiger charge is 2.41. The first-order chi connectivity index (χ1) is 10.5. The number of hydrogen-bond donors (Lipinski definition) is 2. The van der Waals surface area contributed by atoms with Crippen LogP contribution in [0.5, 0.6) is 5.75 Å². The van der Waals surface area contributed by atoms with Crippen LogP contribution in [0.1, 0.15) is 25.3 Å². The van der Waals surface area contributed by atoms with Gasteiger partial charge in [-0.2, -0.15) is 8.78 Å². The summed E-state index contributed by atoms with van der Waals surface area (Å²) in [6.45, 7) is -0.781. The number of aliphatic hydroxyl groups excluding tert-OH is 1. The molecule has 0 aromatic heterocycles. The third kappa shape index (κ3) is 4.27. The van der Waals surface area contributed by atoms with Gasteiger partial charge in [0, 0.05) is 23.6 Å². The molecule has 6 heteroatoms. The Balaban J connectivity index is 2.03. The van der Waals surface area contributed by atoms with Crippen molar-refractivity contribution < 1.29 is 23.4 Å². The molecule has 0 radical (unpaired) electrons. The van der Waals surface area contributed by atoms with Gasteiger partial charge >= 0.3 is 6.61 Å². The number of ether oxygens (including phenoxy) is 1. The summed E-state index contributed by atoms with van der Waals surface area (Å²) < 4.78 is 29.2. The van der Waals surface area contributed by atoms with Crippen molar-refractivity contribution in [2.75, 3.05) is 13.2 Å². The molecule has 0 bridgehead atoms. The van der Waals surface area contributed by atoms with E-state index >= 15 is 0 Å². The molecule has 1 aromatic carbocycles. The average Bonchev–Trinajstić information content (AvgIpc) is 3.25. The molecule has 1 saturated carbocycles. The maximum absolute atomic E-state index is 12.4. The monoisotopic (exact) mass is 311 g/mol. The molecule has 120 valence electrons. The topological polar surface area (TPSA) is 58.6 Å². The van der Waals surface area contributed by atoms with Crippen LogP contribution in [0.2, 0.25) is 0 Å². The van der Waals surface area contributed by atoms with Crippen LogP contribution in [-0.4, -0.2) is 30.8 Å². The van der Waals surface area contributed by atoms with E-state index in [9.17, 15) is 18.7 Å². The summed E-state index contributed by atoms with van der Waals surface area (Å²) in [5.74, 6) is -0.280. The van der Waals surface area contributed by atoms with Gasteiger partial charge in [-0.05, 0) is 31.4 Å². The van der Waals surface area contributed by atoms with Crippen molar-refractivity contribution in [1.29, 1.82) is 0 Å². The Hall–Kier alpha value is -1.95. The summed E-state index contributed by atoms with van der Waals surface area (Å²) in [4.78, 5) is 11.9. The van der Waals surface area contributed by atoms with E-state index in [1.165, 1.54) is 12.1 Å².